The molecule has 4 rings (SSSR count). The van der Waals surface area contributed by atoms with E-state index < -0.39 is 0 Å². The molecule has 1 aliphatic carbocycles. The average molecular weight is 317 g/mol. The van der Waals surface area contributed by atoms with Crippen molar-refractivity contribution in [3.8, 4) is 10.7 Å². The van der Waals surface area contributed by atoms with Gasteiger partial charge in [0.1, 0.15) is 0 Å². The van der Waals surface area contributed by atoms with E-state index in [-0.39, 0.29) is 0 Å². The van der Waals surface area contributed by atoms with Crippen LogP contribution in [0.25, 0.3) is 10.7 Å². The SMILES string of the molecule is c1csc(-c2noc([C@H]3CCN(CC4CCCCC4)C3)n2)c1. The highest BCUT2D eigenvalue weighted by molar-refractivity contribution is 7.13. The Morgan fingerprint density at radius 1 is 1.23 bits per heavy atom. The molecule has 1 aliphatic heterocycles. The highest BCUT2D eigenvalue weighted by Crippen LogP contribution is 2.31. The molecule has 0 bridgehead atoms. The third-order valence-corrected chi connectivity index (χ3v) is 5.91. The van der Waals surface area contributed by atoms with Crippen molar-refractivity contribution in [1.82, 2.24) is 15.0 Å². The van der Waals surface area contributed by atoms with Crippen LogP contribution in [0, 0.1) is 5.92 Å². The molecule has 1 saturated carbocycles. The van der Waals surface area contributed by atoms with E-state index in [2.05, 4.69) is 15.0 Å². The second kappa shape index (κ2) is 6.50. The van der Waals surface area contributed by atoms with E-state index in [0.717, 1.165) is 35.5 Å². The number of hydrogen-bond acceptors (Lipinski definition) is 5. The van der Waals surface area contributed by atoms with Crippen LogP contribution in [0.2, 0.25) is 0 Å². The standard InChI is InChI=1S/C17H23N3OS/c1-2-5-13(6-3-1)11-20-9-8-14(12-20)17-18-16(19-21-17)15-7-4-10-22-15/h4,7,10,13-14H,1-3,5-6,8-9,11-12H2/t14-/m0/s1. The molecule has 2 aliphatic rings. The van der Waals surface area contributed by atoms with Crippen molar-refractivity contribution in [3.63, 3.8) is 0 Å². The van der Waals surface area contributed by atoms with Gasteiger partial charge in [0.25, 0.3) is 0 Å². The van der Waals surface area contributed by atoms with Crippen LogP contribution in [-0.2, 0) is 0 Å². The van der Waals surface area contributed by atoms with E-state index in [1.165, 1.54) is 45.2 Å². The van der Waals surface area contributed by atoms with Crippen molar-refractivity contribution < 1.29 is 4.52 Å². The summed E-state index contributed by atoms with van der Waals surface area (Å²) in [6.45, 7) is 3.53. The van der Waals surface area contributed by atoms with Gasteiger partial charge in [-0.1, -0.05) is 30.5 Å². The van der Waals surface area contributed by atoms with Crippen LogP contribution in [0.3, 0.4) is 0 Å². The van der Waals surface area contributed by atoms with Gasteiger partial charge in [-0.2, -0.15) is 4.98 Å². The molecule has 2 fully saturated rings. The number of nitrogens with zero attached hydrogens (tertiary/aromatic N) is 3. The molecule has 118 valence electrons. The van der Waals surface area contributed by atoms with Crippen molar-refractivity contribution in [2.75, 3.05) is 19.6 Å². The van der Waals surface area contributed by atoms with Crippen molar-refractivity contribution in [3.05, 3.63) is 23.4 Å². The Labute approximate surface area is 135 Å². The van der Waals surface area contributed by atoms with Gasteiger partial charge >= 0.3 is 0 Å². The molecule has 2 aromatic rings. The largest absolute Gasteiger partial charge is 0.339 e. The Balaban J connectivity index is 1.36. The molecule has 0 aromatic carbocycles. The monoisotopic (exact) mass is 317 g/mol. The van der Waals surface area contributed by atoms with Crippen LogP contribution in [0.5, 0.6) is 0 Å². The molecule has 0 amide bonds. The third-order valence-electron chi connectivity index (χ3n) is 5.05. The summed E-state index contributed by atoms with van der Waals surface area (Å²) in [6.07, 6.45) is 8.28. The zero-order chi connectivity index (χ0) is 14.8. The highest BCUT2D eigenvalue weighted by atomic mass is 32.1. The quantitative estimate of drug-likeness (QED) is 0.849. The first kappa shape index (κ1) is 14.4. The summed E-state index contributed by atoms with van der Waals surface area (Å²) in [7, 11) is 0. The molecule has 0 N–H and O–H groups in total. The summed E-state index contributed by atoms with van der Waals surface area (Å²) in [5, 5.41) is 6.20. The Bertz CT molecular complexity index is 589. The van der Waals surface area contributed by atoms with Crippen molar-refractivity contribution in [2.24, 2.45) is 5.92 Å². The minimum absolute atomic E-state index is 0.421. The zero-order valence-corrected chi connectivity index (χ0v) is 13.7. The Hall–Kier alpha value is -1.20. The predicted octanol–water partition coefficient (Wildman–Crippen LogP) is 4.17. The highest BCUT2D eigenvalue weighted by Gasteiger charge is 2.30. The van der Waals surface area contributed by atoms with Gasteiger partial charge in [-0.05, 0) is 43.2 Å². The molecule has 0 unspecified atom stereocenters. The first-order valence-corrected chi connectivity index (χ1v) is 9.36. The molecular weight excluding hydrogens is 294 g/mol. The summed E-state index contributed by atoms with van der Waals surface area (Å²) in [5.41, 5.74) is 0. The third kappa shape index (κ3) is 3.10. The van der Waals surface area contributed by atoms with Gasteiger partial charge in [0.2, 0.25) is 11.7 Å². The normalized spacial score (nSPS) is 24.1. The molecule has 0 radical (unpaired) electrons. The Morgan fingerprint density at radius 3 is 2.95 bits per heavy atom. The van der Waals surface area contributed by atoms with Crippen molar-refractivity contribution >= 4 is 11.3 Å². The minimum atomic E-state index is 0.421. The predicted molar refractivity (Wildman–Crippen MR) is 88.0 cm³/mol. The van der Waals surface area contributed by atoms with Crippen LogP contribution in [-0.4, -0.2) is 34.7 Å². The fraction of sp³-hybridized carbons (Fsp3) is 0.647. The maximum absolute atomic E-state index is 5.53. The van der Waals surface area contributed by atoms with Crippen molar-refractivity contribution in [1.29, 1.82) is 0 Å². The lowest BCUT2D eigenvalue weighted by molar-refractivity contribution is 0.229. The molecule has 1 saturated heterocycles. The molecule has 0 spiro atoms. The Kier molecular flexibility index (Phi) is 4.26. The molecule has 3 heterocycles. The second-order valence-electron chi connectivity index (χ2n) is 6.68. The van der Waals surface area contributed by atoms with Crippen LogP contribution in [0.1, 0.15) is 50.3 Å². The number of hydrogen-bond donors (Lipinski definition) is 0. The molecule has 2 aromatic heterocycles. The van der Waals surface area contributed by atoms with E-state index in [4.69, 9.17) is 4.52 Å². The van der Waals surface area contributed by atoms with Crippen molar-refractivity contribution in [2.45, 2.75) is 44.4 Å². The smallest absolute Gasteiger partial charge is 0.231 e. The van der Waals surface area contributed by atoms with Crippen LogP contribution in [0.4, 0.5) is 0 Å². The lowest BCUT2D eigenvalue weighted by Gasteiger charge is -2.26. The van der Waals surface area contributed by atoms with E-state index in [9.17, 15) is 0 Å². The maximum atomic E-state index is 5.53. The summed E-state index contributed by atoms with van der Waals surface area (Å²) in [4.78, 5) is 8.32. The maximum Gasteiger partial charge on any atom is 0.231 e. The van der Waals surface area contributed by atoms with Gasteiger partial charge < -0.3 is 9.42 Å². The average Bonchev–Trinajstić information content (AvgIpc) is 3.29. The topological polar surface area (TPSA) is 42.2 Å². The van der Waals surface area contributed by atoms with E-state index in [0.29, 0.717) is 5.92 Å². The van der Waals surface area contributed by atoms with Crippen LogP contribution >= 0.6 is 11.3 Å². The summed E-state index contributed by atoms with van der Waals surface area (Å²) in [6, 6.07) is 4.07. The first-order chi connectivity index (χ1) is 10.9. The molecule has 1 atom stereocenters. The number of rotatable bonds is 4. The number of thiophene rings is 1. The molecule has 5 heteroatoms. The Morgan fingerprint density at radius 2 is 2.14 bits per heavy atom. The van der Waals surface area contributed by atoms with Gasteiger partial charge in [0, 0.05) is 13.1 Å². The molecular formula is C17H23N3OS. The summed E-state index contributed by atoms with van der Waals surface area (Å²) >= 11 is 1.66. The lowest BCUT2D eigenvalue weighted by atomic mass is 9.89. The fourth-order valence-electron chi connectivity index (χ4n) is 3.84. The summed E-state index contributed by atoms with van der Waals surface area (Å²) < 4.78 is 5.53. The van der Waals surface area contributed by atoms with E-state index in [1.54, 1.807) is 11.3 Å². The van der Waals surface area contributed by atoms with Crippen LogP contribution < -0.4 is 0 Å². The van der Waals surface area contributed by atoms with Gasteiger partial charge in [-0.25, -0.2) is 0 Å². The molecule has 22 heavy (non-hydrogen) atoms. The number of aromatic nitrogens is 2. The lowest BCUT2D eigenvalue weighted by Crippen LogP contribution is -2.28. The van der Waals surface area contributed by atoms with Gasteiger partial charge in [0.05, 0.1) is 10.8 Å². The van der Waals surface area contributed by atoms with Crippen LogP contribution in [0.15, 0.2) is 22.0 Å². The number of likely N-dealkylation sites (tertiary alicyclic amines) is 1. The zero-order valence-electron chi connectivity index (χ0n) is 12.9. The fourth-order valence-corrected chi connectivity index (χ4v) is 4.49. The summed E-state index contributed by atoms with van der Waals surface area (Å²) in [5.74, 6) is 2.91. The first-order valence-electron chi connectivity index (χ1n) is 8.48. The minimum Gasteiger partial charge on any atom is -0.339 e. The van der Waals surface area contributed by atoms with E-state index >= 15 is 0 Å². The van der Waals surface area contributed by atoms with E-state index in [1.807, 2.05) is 17.5 Å². The van der Waals surface area contributed by atoms with Gasteiger partial charge in [-0.15, -0.1) is 11.3 Å². The van der Waals surface area contributed by atoms with Gasteiger partial charge in [0.15, 0.2) is 0 Å². The van der Waals surface area contributed by atoms with Gasteiger partial charge in [-0.3, -0.25) is 0 Å². The molecule has 4 nitrogen and oxygen atoms in total. The second-order valence-corrected chi connectivity index (χ2v) is 7.63.